The maximum atomic E-state index is 12.9. The van der Waals surface area contributed by atoms with Gasteiger partial charge in [0.1, 0.15) is 5.82 Å². The minimum atomic E-state index is -3.83. The average Bonchev–Trinajstić information content (AvgIpc) is 2.28. The van der Waals surface area contributed by atoms with E-state index in [1.807, 2.05) is 6.92 Å². The Kier molecular flexibility index (Phi) is 5.27. The van der Waals surface area contributed by atoms with Crippen molar-refractivity contribution in [2.45, 2.75) is 24.7 Å². The summed E-state index contributed by atoms with van der Waals surface area (Å²) in [7, 11) is -3.83. The van der Waals surface area contributed by atoms with Crippen molar-refractivity contribution in [3.05, 3.63) is 30.1 Å². The van der Waals surface area contributed by atoms with Gasteiger partial charge in [-0.2, -0.15) is 0 Å². The van der Waals surface area contributed by atoms with Crippen molar-refractivity contribution in [2.24, 2.45) is 0 Å². The number of benzene rings is 1. The molecule has 0 saturated carbocycles. The maximum Gasteiger partial charge on any atom is 0.321 e. The zero-order valence-corrected chi connectivity index (χ0v) is 10.9. The number of hydrogen-bond donors (Lipinski definition) is 0. The SMILES string of the molecule is CCCCOC(=O)CS(=O)(=O)c1cccc(F)c1. The highest BCUT2D eigenvalue weighted by molar-refractivity contribution is 7.92. The van der Waals surface area contributed by atoms with Crippen LogP contribution in [0.5, 0.6) is 0 Å². The van der Waals surface area contributed by atoms with E-state index in [4.69, 9.17) is 4.74 Å². The number of halogens is 1. The van der Waals surface area contributed by atoms with E-state index in [0.717, 1.165) is 18.6 Å². The van der Waals surface area contributed by atoms with Crippen molar-refractivity contribution >= 4 is 15.8 Å². The largest absolute Gasteiger partial charge is 0.465 e. The molecular formula is C12H15FO4S. The molecule has 0 aliphatic heterocycles. The summed E-state index contributed by atoms with van der Waals surface area (Å²) in [5.41, 5.74) is 0. The summed E-state index contributed by atoms with van der Waals surface area (Å²) in [4.78, 5) is 11.1. The van der Waals surface area contributed by atoms with E-state index in [0.29, 0.717) is 6.42 Å². The lowest BCUT2D eigenvalue weighted by Gasteiger charge is -2.05. The van der Waals surface area contributed by atoms with Crippen LogP contribution in [0.25, 0.3) is 0 Å². The van der Waals surface area contributed by atoms with Crippen molar-refractivity contribution in [2.75, 3.05) is 12.4 Å². The van der Waals surface area contributed by atoms with E-state index in [-0.39, 0.29) is 11.5 Å². The molecule has 0 amide bonds. The molecule has 0 aliphatic rings. The molecule has 0 radical (unpaired) electrons. The third-order valence-corrected chi connectivity index (χ3v) is 3.81. The van der Waals surface area contributed by atoms with Crippen LogP contribution in [0.3, 0.4) is 0 Å². The Hall–Kier alpha value is -1.43. The van der Waals surface area contributed by atoms with Gasteiger partial charge in [0, 0.05) is 0 Å². The summed E-state index contributed by atoms with van der Waals surface area (Å²) in [6.45, 7) is 2.13. The van der Waals surface area contributed by atoms with Gasteiger partial charge >= 0.3 is 5.97 Å². The first-order chi connectivity index (χ1) is 8.45. The lowest BCUT2D eigenvalue weighted by molar-refractivity contribution is -0.140. The topological polar surface area (TPSA) is 60.4 Å². The van der Waals surface area contributed by atoms with Crippen LogP contribution in [0, 0.1) is 5.82 Å². The molecule has 1 aromatic carbocycles. The van der Waals surface area contributed by atoms with E-state index < -0.39 is 27.4 Å². The normalized spacial score (nSPS) is 11.2. The van der Waals surface area contributed by atoms with Crippen molar-refractivity contribution in [1.82, 2.24) is 0 Å². The highest BCUT2D eigenvalue weighted by atomic mass is 32.2. The first-order valence-corrected chi connectivity index (χ1v) is 7.25. The summed E-state index contributed by atoms with van der Waals surface area (Å²) in [6, 6.07) is 4.55. The molecule has 100 valence electrons. The molecular weight excluding hydrogens is 259 g/mol. The quantitative estimate of drug-likeness (QED) is 0.587. The molecule has 4 nitrogen and oxygen atoms in total. The van der Waals surface area contributed by atoms with Crippen molar-refractivity contribution in [1.29, 1.82) is 0 Å². The molecule has 0 N–H and O–H groups in total. The average molecular weight is 274 g/mol. The predicted molar refractivity (Wildman–Crippen MR) is 64.3 cm³/mol. The molecule has 1 rings (SSSR count). The van der Waals surface area contributed by atoms with Gasteiger partial charge in [0.15, 0.2) is 15.6 Å². The van der Waals surface area contributed by atoms with Gasteiger partial charge in [0.2, 0.25) is 0 Å². The zero-order valence-electron chi connectivity index (χ0n) is 10.1. The van der Waals surface area contributed by atoms with Gasteiger partial charge < -0.3 is 4.74 Å². The van der Waals surface area contributed by atoms with Gasteiger partial charge in [-0.25, -0.2) is 12.8 Å². The summed E-state index contributed by atoms with van der Waals surface area (Å²) in [6.07, 6.45) is 1.54. The second kappa shape index (κ2) is 6.49. The fourth-order valence-electron chi connectivity index (χ4n) is 1.27. The molecule has 0 bridgehead atoms. The van der Waals surface area contributed by atoms with Crippen molar-refractivity contribution < 1.29 is 22.3 Å². The zero-order chi connectivity index (χ0) is 13.6. The van der Waals surface area contributed by atoms with E-state index in [9.17, 15) is 17.6 Å². The van der Waals surface area contributed by atoms with Crippen LogP contribution in [0.1, 0.15) is 19.8 Å². The van der Waals surface area contributed by atoms with Crippen LogP contribution in [0.4, 0.5) is 4.39 Å². The molecule has 1 aromatic rings. The van der Waals surface area contributed by atoms with Crippen LogP contribution in [-0.4, -0.2) is 26.7 Å². The first-order valence-electron chi connectivity index (χ1n) is 5.59. The molecule has 0 unspecified atom stereocenters. The molecule has 18 heavy (non-hydrogen) atoms. The van der Waals surface area contributed by atoms with Crippen LogP contribution < -0.4 is 0 Å². The monoisotopic (exact) mass is 274 g/mol. The van der Waals surface area contributed by atoms with E-state index in [1.165, 1.54) is 12.1 Å². The van der Waals surface area contributed by atoms with Crippen LogP contribution in [0.15, 0.2) is 29.2 Å². The number of ether oxygens (including phenoxy) is 1. The lowest BCUT2D eigenvalue weighted by atomic mass is 10.4. The summed E-state index contributed by atoms with van der Waals surface area (Å²) < 4.78 is 41.2. The van der Waals surface area contributed by atoms with Crippen molar-refractivity contribution in [3.63, 3.8) is 0 Å². The minimum absolute atomic E-state index is 0.202. The Morgan fingerprint density at radius 2 is 2.11 bits per heavy atom. The number of unbranched alkanes of at least 4 members (excludes halogenated alkanes) is 1. The number of hydrogen-bond acceptors (Lipinski definition) is 4. The Balaban J connectivity index is 2.68. The second-order valence-corrected chi connectivity index (χ2v) is 5.78. The van der Waals surface area contributed by atoms with Gasteiger partial charge in [-0.3, -0.25) is 4.79 Å². The molecule has 0 saturated heterocycles. The third kappa shape index (κ3) is 4.44. The minimum Gasteiger partial charge on any atom is -0.465 e. The number of carbonyl (C=O) groups is 1. The lowest BCUT2D eigenvalue weighted by Crippen LogP contribution is -2.19. The Morgan fingerprint density at radius 3 is 2.72 bits per heavy atom. The summed E-state index contributed by atoms with van der Waals surface area (Å²) in [5.74, 6) is -2.23. The number of sulfone groups is 1. The Morgan fingerprint density at radius 1 is 1.39 bits per heavy atom. The molecule has 0 aromatic heterocycles. The first kappa shape index (κ1) is 14.6. The Bertz CT molecular complexity index is 511. The number of esters is 1. The third-order valence-electron chi connectivity index (χ3n) is 2.22. The summed E-state index contributed by atoms with van der Waals surface area (Å²) in [5, 5.41) is 0. The smallest absolute Gasteiger partial charge is 0.321 e. The van der Waals surface area contributed by atoms with Crippen LogP contribution >= 0.6 is 0 Å². The predicted octanol–water partition coefficient (Wildman–Crippen LogP) is 1.94. The molecule has 0 spiro atoms. The van der Waals surface area contributed by atoms with Gasteiger partial charge in [-0.05, 0) is 24.6 Å². The van der Waals surface area contributed by atoms with Gasteiger partial charge in [0.25, 0.3) is 0 Å². The van der Waals surface area contributed by atoms with Gasteiger partial charge in [-0.15, -0.1) is 0 Å². The maximum absolute atomic E-state index is 12.9. The molecule has 0 heterocycles. The summed E-state index contributed by atoms with van der Waals surface area (Å²) >= 11 is 0. The highest BCUT2D eigenvalue weighted by Gasteiger charge is 2.20. The fraction of sp³-hybridized carbons (Fsp3) is 0.417. The number of carbonyl (C=O) groups excluding carboxylic acids is 1. The van der Waals surface area contributed by atoms with E-state index >= 15 is 0 Å². The van der Waals surface area contributed by atoms with Gasteiger partial charge in [-0.1, -0.05) is 19.4 Å². The second-order valence-electron chi connectivity index (χ2n) is 3.79. The molecule has 0 aliphatic carbocycles. The van der Waals surface area contributed by atoms with E-state index in [1.54, 1.807) is 0 Å². The van der Waals surface area contributed by atoms with Crippen molar-refractivity contribution in [3.8, 4) is 0 Å². The van der Waals surface area contributed by atoms with Crippen LogP contribution in [0.2, 0.25) is 0 Å². The molecule has 0 atom stereocenters. The molecule has 6 heteroatoms. The van der Waals surface area contributed by atoms with E-state index in [2.05, 4.69) is 0 Å². The molecule has 0 fully saturated rings. The van der Waals surface area contributed by atoms with Crippen LogP contribution in [-0.2, 0) is 19.4 Å². The fourth-order valence-corrected chi connectivity index (χ4v) is 2.41. The standard InChI is InChI=1S/C12H15FO4S/c1-2-3-7-17-12(14)9-18(15,16)11-6-4-5-10(13)8-11/h4-6,8H,2-3,7,9H2,1H3. The highest BCUT2D eigenvalue weighted by Crippen LogP contribution is 2.12. The van der Waals surface area contributed by atoms with Gasteiger partial charge in [0.05, 0.1) is 11.5 Å². The Labute approximate surface area is 106 Å². The number of rotatable bonds is 6.